The summed E-state index contributed by atoms with van der Waals surface area (Å²) in [4.78, 5) is 85.6. The van der Waals surface area contributed by atoms with Crippen LogP contribution in [-0.2, 0) is 22.6 Å². The molecule has 2 aromatic carbocycles. The van der Waals surface area contributed by atoms with Crippen LogP contribution in [0.1, 0.15) is 123 Å². The van der Waals surface area contributed by atoms with Crippen molar-refractivity contribution in [1.82, 2.24) is 35.3 Å². The zero-order valence-corrected chi connectivity index (χ0v) is 34.9. The van der Waals surface area contributed by atoms with Gasteiger partial charge in [0, 0.05) is 31.3 Å². The van der Waals surface area contributed by atoms with Gasteiger partial charge in [-0.25, -0.2) is 14.6 Å². The van der Waals surface area contributed by atoms with Gasteiger partial charge in [-0.05, 0) is 92.4 Å². The van der Waals surface area contributed by atoms with Crippen molar-refractivity contribution in [3.8, 4) is 17.1 Å². The van der Waals surface area contributed by atoms with E-state index in [4.69, 9.17) is 10.2 Å². The summed E-state index contributed by atoms with van der Waals surface area (Å²) in [5, 5.41) is 16.1. The number of carbonyl (C=O) groups is 6. The number of imide groups is 2. The normalized spacial score (nSPS) is 16.0. The van der Waals surface area contributed by atoms with Gasteiger partial charge < -0.3 is 26.1 Å². The Bertz CT molecular complexity index is 2530. The third kappa shape index (κ3) is 10.2. The molecule has 63 heavy (non-hydrogen) atoms. The number of nitrogens with two attached hydrogens (primary N) is 1. The van der Waals surface area contributed by atoms with Crippen molar-refractivity contribution in [2.45, 2.75) is 89.6 Å². The Morgan fingerprint density at radius 3 is 2.44 bits per heavy atom. The van der Waals surface area contributed by atoms with Gasteiger partial charge in [-0.1, -0.05) is 56.4 Å². The fraction of sp³-hybridized carbons (Fsp3) is 0.370. The van der Waals surface area contributed by atoms with Crippen LogP contribution in [-0.4, -0.2) is 79.2 Å². The number of benzene rings is 2. The first-order valence-electron chi connectivity index (χ1n) is 21.6. The van der Waals surface area contributed by atoms with E-state index in [2.05, 4.69) is 36.3 Å². The number of rotatable bonds is 21. The van der Waals surface area contributed by atoms with Gasteiger partial charge in [0.1, 0.15) is 18.1 Å². The van der Waals surface area contributed by atoms with Gasteiger partial charge in [0.15, 0.2) is 11.4 Å². The molecule has 326 valence electrons. The van der Waals surface area contributed by atoms with Crippen LogP contribution in [0, 0.1) is 5.92 Å². The van der Waals surface area contributed by atoms with Crippen LogP contribution in [0.25, 0.3) is 17.1 Å². The standard InChI is InChI=1S/C46H50N10O7/c47-41(58)40-34(51-42(59)35-27-63-44(52-35)31-20-22-49-37(23-31)50-25-29-12-13-29)26-55(54-40)32-16-14-28(15-17-32)24-48-21-7-5-3-1-2-4-6-9-30-10-8-11-33-39(30)46(62)56(45(33)61)36-18-19-38(57)53-43(36)60/h8,10-11,14-17,20,22-23,26-27,29,36,48H,1-7,9,12-13,18-19,21,24-25H2,(H2,47,58)(H,49,50)(H,51,59)(H,53,57,60). The quantitative estimate of drug-likeness (QED) is 0.0451. The minimum Gasteiger partial charge on any atom is -0.444 e. The maximum atomic E-state index is 13.3. The van der Waals surface area contributed by atoms with Crippen LogP contribution in [0.5, 0.6) is 0 Å². The third-order valence-electron chi connectivity index (χ3n) is 11.6. The molecule has 17 nitrogen and oxygen atoms in total. The van der Waals surface area contributed by atoms with E-state index in [-0.39, 0.29) is 35.8 Å². The van der Waals surface area contributed by atoms with Crippen LogP contribution < -0.4 is 27.0 Å². The average Bonchev–Trinajstić information content (AvgIpc) is 3.68. The van der Waals surface area contributed by atoms with Crippen molar-refractivity contribution in [2.24, 2.45) is 11.7 Å². The largest absolute Gasteiger partial charge is 0.444 e. The first kappa shape index (κ1) is 42.7. The van der Waals surface area contributed by atoms with E-state index in [1.165, 1.54) is 30.0 Å². The smallest absolute Gasteiger partial charge is 0.277 e. The van der Waals surface area contributed by atoms with Crippen molar-refractivity contribution in [3.63, 3.8) is 0 Å². The zero-order chi connectivity index (χ0) is 43.9. The molecule has 1 atom stereocenters. The number of hydrogen-bond donors (Lipinski definition) is 5. The van der Waals surface area contributed by atoms with Crippen LogP contribution in [0.4, 0.5) is 11.5 Å². The molecular weight excluding hydrogens is 805 g/mol. The van der Waals surface area contributed by atoms with Crippen LogP contribution in [0.15, 0.2) is 77.7 Å². The minimum absolute atomic E-state index is 0.0259. The summed E-state index contributed by atoms with van der Waals surface area (Å²) in [6, 6.07) is 15.6. The van der Waals surface area contributed by atoms with Crippen molar-refractivity contribution < 1.29 is 33.2 Å². The van der Waals surface area contributed by atoms with Crippen LogP contribution in [0.3, 0.4) is 0 Å². The lowest BCUT2D eigenvalue weighted by Gasteiger charge is -2.27. The number of anilines is 2. The number of piperidine rings is 1. The van der Waals surface area contributed by atoms with Crippen LogP contribution in [0.2, 0.25) is 0 Å². The highest BCUT2D eigenvalue weighted by Gasteiger charge is 2.45. The number of fused-ring (bicyclic) bond motifs is 1. The third-order valence-corrected chi connectivity index (χ3v) is 11.6. The van der Waals surface area contributed by atoms with E-state index in [0.29, 0.717) is 47.1 Å². The van der Waals surface area contributed by atoms with Gasteiger partial charge in [-0.2, -0.15) is 5.10 Å². The summed E-state index contributed by atoms with van der Waals surface area (Å²) in [5.41, 5.74) is 9.67. The number of primary amides is 1. The maximum Gasteiger partial charge on any atom is 0.277 e. The molecule has 6 N–H and O–H groups in total. The Kier molecular flexibility index (Phi) is 13.1. The van der Waals surface area contributed by atoms with E-state index in [1.807, 2.05) is 36.4 Å². The van der Waals surface area contributed by atoms with Crippen molar-refractivity contribution in [3.05, 3.63) is 107 Å². The second-order valence-corrected chi connectivity index (χ2v) is 16.3. The first-order valence-corrected chi connectivity index (χ1v) is 21.6. The van der Waals surface area contributed by atoms with Gasteiger partial charge >= 0.3 is 0 Å². The van der Waals surface area contributed by atoms with Gasteiger partial charge in [0.05, 0.1) is 28.7 Å². The average molecular weight is 855 g/mol. The molecule has 3 aromatic heterocycles. The molecule has 5 aromatic rings. The second-order valence-electron chi connectivity index (χ2n) is 16.3. The van der Waals surface area contributed by atoms with Crippen molar-refractivity contribution in [1.29, 1.82) is 0 Å². The molecular formula is C46H50N10O7. The highest BCUT2D eigenvalue weighted by atomic mass is 16.3. The monoisotopic (exact) mass is 854 g/mol. The second kappa shape index (κ2) is 19.4. The summed E-state index contributed by atoms with van der Waals surface area (Å²) in [6.07, 6.45) is 15.1. The fourth-order valence-corrected chi connectivity index (χ4v) is 7.95. The lowest BCUT2D eigenvalue weighted by molar-refractivity contribution is -0.136. The molecule has 8 rings (SSSR count). The number of nitrogens with one attached hydrogen (secondary N) is 4. The van der Waals surface area contributed by atoms with E-state index < -0.39 is 41.5 Å². The molecule has 6 amide bonds. The molecule has 2 fully saturated rings. The minimum atomic E-state index is -0.965. The SMILES string of the molecule is NC(=O)c1nn(-c2ccc(CNCCCCCCCCCc3cccc4c3C(=O)N(C3CCC(=O)NC3=O)C4=O)cc2)cc1NC(=O)c1coc(-c2ccnc(NCC3CC3)c2)n1. The number of amides is 6. The predicted molar refractivity (Wildman–Crippen MR) is 232 cm³/mol. The number of pyridine rings is 1. The van der Waals surface area contributed by atoms with E-state index >= 15 is 0 Å². The van der Waals surface area contributed by atoms with E-state index in [0.717, 1.165) is 74.1 Å². The van der Waals surface area contributed by atoms with Gasteiger partial charge in [0.2, 0.25) is 17.7 Å². The van der Waals surface area contributed by atoms with Gasteiger partial charge in [-0.15, -0.1) is 0 Å². The van der Waals surface area contributed by atoms with Crippen molar-refractivity contribution >= 4 is 46.9 Å². The summed E-state index contributed by atoms with van der Waals surface area (Å²) in [6.45, 7) is 2.42. The molecule has 1 aliphatic carbocycles. The summed E-state index contributed by atoms with van der Waals surface area (Å²) in [7, 11) is 0. The molecule has 2 aliphatic heterocycles. The van der Waals surface area contributed by atoms with Crippen LogP contribution >= 0.6 is 0 Å². The lowest BCUT2D eigenvalue weighted by Crippen LogP contribution is -2.54. The maximum absolute atomic E-state index is 13.3. The Balaban J connectivity index is 0.729. The first-order chi connectivity index (χ1) is 30.6. The number of nitrogens with zero attached hydrogens (tertiary/aromatic N) is 5. The summed E-state index contributed by atoms with van der Waals surface area (Å²) >= 11 is 0. The van der Waals surface area contributed by atoms with E-state index in [9.17, 15) is 28.8 Å². The topological polar surface area (TPSA) is 237 Å². The Hall–Kier alpha value is -7.01. The number of carbonyl (C=O) groups excluding carboxylic acids is 6. The van der Waals surface area contributed by atoms with Crippen molar-refractivity contribution in [2.75, 3.05) is 23.7 Å². The van der Waals surface area contributed by atoms with E-state index in [1.54, 1.807) is 24.4 Å². The molecule has 1 saturated carbocycles. The fourth-order valence-electron chi connectivity index (χ4n) is 7.95. The Morgan fingerprint density at radius 2 is 1.68 bits per heavy atom. The molecule has 0 spiro atoms. The molecule has 1 unspecified atom stereocenters. The number of aromatic nitrogens is 4. The highest BCUT2D eigenvalue weighted by Crippen LogP contribution is 2.32. The number of hydrogen-bond acceptors (Lipinski definition) is 12. The predicted octanol–water partition coefficient (Wildman–Crippen LogP) is 5.56. The highest BCUT2D eigenvalue weighted by molar-refractivity contribution is 6.24. The molecule has 5 heterocycles. The number of aryl methyl sites for hydroxylation is 1. The molecule has 1 saturated heterocycles. The lowest BCUT2D eigenvalue weighted by atomic mass is 9.97. The van der Waals surface area contributed by atoms with Gasteiger partial charge in [0.25, 0.3) is 23.6 Å². The van der Waals surface area contributed by atoms with Gasteiger partial charge in [-0.3, -0.25) is 39.0 Å². The summed E-state index contributed by atoms with van der Waals surface area (Å²) in [5.74, 6) is -1.65. The molecule has 0 radical (unpaired) electrons. The number of oxazole rings is 1. The number of unbranched alkanes of at least 4 members (excludes halogenated alkanes) is 6. The Labute approximate surface area is 363 Å². The molecule has 3 aliphatic rings. The summed E-state index contributed by atoms with van der Waals surface area (Å²) < 4.78 is 7.10. The molecule has 17 heteroatoms. The Morgan fingerprint density at radius 1 is 0.905 bits per heavy atom. The molecule has 0 bridgehead atoms. The zero-order valence-electron chi connectivity index (χ0n) is 34.9.